The van der Waals surface area contributed by atoms with E-state index in [-0.39, 0.29) is 12.1 Å². The van der Waals surface area contributed by atoms with E-state index in [1.807, 2.05) is 18.7 Å². The molecular formula is C13H22N2O3S. The van der Waals surface area contributed by atoms with Gasteiger partial charge >= 0.3 is 12.0 Å². The van der Waals surface area contributed by atoms with Gasteiger partial charge in [-0.15, -0.1) is 0 Å². The molecule has 19 heavy (non-hydrogen) atoms. The Balaban J connectivity index is 1.85. The average molecular weight is 286 g/mol. The van der Waals surface area contributed by atoms with Crippen molar-refractivity contribution in [3.05, 3.63) is 0 Å². The Kier molecular flexibility index (Phi) is 4.60. The third-order valence-electron chi connectivity index (χ3n) is 4.40. The van der Waals surface area contributed by atoms with Gasteiger partial charge in [0.15, 0.2) is 0 Å². The summed E-state index contributed by atoms with van der Waals surface area (Å²) in [5, 5.41) is 12.4. The molecular weight excluding hydrogens is 264 g/mol. The number of amides is 2. The van der Waals surface area contributed by atoms with Gasteiger partial charge in [-0.3, -0.25) is 4.79 Å². The summed E-state index contributed by atoms with van der Waals surface area (Å²) >= 11 is 1.87. The van der Waals surface area contributed by atoms with Crippen LogP contribution in [0.25, 0.3) is 0 Å². The molecule has 0 aliphatic carbocycles. The van der Waals surface area contributed by atoms with Crippen molar-refractivity contribution in [1.82, 2.24) is 10.2 Å². The number of carboxylic acid groups (broad SMARTS) is 1. The van der Waals surface area contributed by atoms with Gasteiger partial charge in [-0.25, -0.2) is 4.79 Å². The van der Waals surface area contributed by atoms with Gasteiger partial charge in [-0.05, 0) is 31.4 Å². The van der Waals surface area contributed by atoms with Crippen LogP contribution in [0.3, 0.4) is 0 Å². The third kappa shape index (κ3) is 3.16. The van der Waals surface area contributed by atoms with Crippen LogP contribution in [-0.2, 0) is 4.79 Å². The number of hydrogen-bond acceptors (Lipinski definition) is 3. The lowest BCUT2D eigenvalue weighted by Gasteiger charge is -2.38. The van der Waals surface area contributed by atoms with Crippen LogP contribution in [0.15, 0.2) is 0 Å². The first-order valence-corrected chi connectivity index (χ1v) is 8.09. The molecule has 2 rings (SSSR count). The van der Waals surface area contributed by atoms with E-state index >= 15 is 0 Å². The fourth-order valence-corrected chi connectivity index (χ4v) is 3.92. The molecule has 0 aromatic heterocycles. The van der Waals surface area contributed by atoms with E-state index in [0.717, 1.165) is 17.9 Å². The highest BCUT2D eigenvalue weighted by molar-refractivity contribution is 7.99. The fourth-order valence-electron chi connectivity index (χ4n) is 2.77. The fraction of sp³-hybridized carbons (Fsp3) is 0.846. The summed E-state index contributed by atoms with van der Waals surface area (Å²) in [4.78, 5) is 25.2. The van der Waals surface area contributed by atoms with Crippen molar-refractivity contribution in [3.63, 3.8) is 0 Å². The second kappa shape index (κ2) is 6.03. The Labute approximate surface area is 118 Å². The van der Waals surface area contributed by atoms with Crippen LogP contribution in [0.1, 0.15) is 32.6 Å². The lowest BCUT2D eigenvalue weighted by atomic mass is 9.76. The van der Waals surface area contributed by atoms with E-state index in [9.17, 15) is 14.7 Å². The molecule has 0 spiro atoms. The van der Waals surface area contributed by atoms with Gasteiger partial charge in [0.05, 0.1) is 5.41 Å². The maximum absolute atomic E-state index is 12.1. The predicted octanol–water partition coefficient (Wildman–Crippen LogP) is 1.78. The highest BCUT2D eigenvalue weighted by Gasteiger charge is 2.41. The average Bonchev–Trinajstić information content (AvgIpc) is 2.91. The first kappa shape index (κ1) is 14.5. The Morgan fingerprint density at radius 2 is 2.11 bits per heavy atom. The van der Waals surface area contributed by atoms with E-state index in [4.69, 9.17) is 0 Å². The largest absolute Gasteiger partial charge is 0.481 e. The topological polar surface area (TPSA) is 69.6 Å². The molecule has 108 valence electrons. The number of rotatable bonds is 3. The van der Waals surface area contributed by atoms with Crippen LogP contribution in [0.4, 0.5) is 4.79 Å². The minimum Gasteiger partial charge on any atom is -0.481 e. The highest BCUT2D eigenvalue weighted by atomic mass is 32.2. The molecule has 2 aliphatic rings. The van der Waals surface area contributed by atoms with Crippen molar-refractivity contribution in [2.24, 2.45) is 5.41 Å². The minimum atomic E-state index is -0.720. The van der Waals surface area contributed by atoms with Crippen LogP contribution >= 0.6 is 11.8 Å². The van der Waals surface area contributed by atoms with Crippen LogP contribution in [0, 0.1) is 5.41 Å². The number of urea groups is 1. The van der Waals surface area contributed by atoms with Gasteiger partial charge in [-0.2, -0.15) is 11.8 Å². The lowest BCUT2D eigenvalue weighted by molar-refractivity contribution is -0.151. The zero-order chi connectivity index (χ0) is 13.9. The van der Waals surface area contributed by atoms with Crippen molar-refractivity contribution in [2.45, 2.75) is 38.6 Å². The van der Waals surface area contributed by atoms with Crippen LogP contribution in [-0.4, -0.2) is 52.6 Å². The molecule has 2 fully saturated rings. The monoisotopic (exact) mass is 286 g/mol. The second-order valence-electron chi connectivity index (χ2n) is 5.44. The summed E-state index contributed by atoms with van der Waals surface area (Å²) in [7, 11) is 0. The van der Waals surface area contributed by atoms with Crippen molar-refractivity contribution in [2.75, 3.05) is 24.6 Å². The molecule has 0 radical (unpaired) electrons. The Hall–Kier alpha value is -0.910. The van der Waals surface area contributed by atoms with Crippen molar-refractivity contribution < 1.29 is 14.7 Å². The quantitative estimate of drug-likeness (QED) is 0.829. The van der Waals surface area contributed by atoms with E-state index < -0.39 is 11.4 Å². The summed E-state index contributed by atoms with van der Waals surface area (Å²) in [6, 6.07) is 0.262. The Morgan fingerprint density at radius 3 is 2.58 bits per heavy atom. The molecule has 2 heterocycles. The molecule has 2 N–H and O–H groups in total. The Morgan fingerprint density at radius 1 is 1.42 bits per heavy atom. The second-order valence-corrected chi connectivity index (χ2v) is 6.59. The first-order chi connectivity index (χ1) is 9.07. The molecule has 5 nitrogen and oxygen atoms in total. The zero-order valence-corrected chi connectivity index (χ0v) is 12.2. The maximum atomic E-state index is 12.1. The SMILES string of the molecule is CCC1(C(=O)O)CCN(C(=O)NC2CCSC2)CC1. The lowest BCUT2D eigenvalue weighted by Crippen LogP contribution is -2.51. The maximum Gasteiger partial charge on any atom is 0.317 e. The molecule has 0 aromatic rings. The van der Waals surface area contributed by atoms with Crippen LogP contribution in [0.5, 0.6) is 0 Å². The molecule has 2 aliphatic heterocycles. The molecule has 2 amide bonds. The Bertz CT molecular complexity index is 348. The number of nitrogens with zero attached hydrogens (tertiary/aromatic N) is 1. The molecule has 0 aromatic carbocycles. The van der Waals surface area contributed by atoms with Crippen molar-refractivity contribution in [3.8, 4) is 0 Å². The number of piperidine rings is 1. The first-order valence-electron chi connectivity index (χ1n) is 6.94. The number of thioether (sulfide) groups is 1. The number of nitrogens with one attached hydrogen (secondary N) is 1. The van der Waals surface area contributed by atoms with Crippen molar-refractivity contribution >= 4 is 23.8 Å². The summed E-state index contributed by atoms with van der Waals surface area (Å²) in [5.41, 5.74) is -0.625. The van der Waals surface area contributed by atoms with Crippen molar-refractivity contribution in [1.29, 1.82) is 0 Å². The normalized spacial score (nSPS) is 26.2. The number of aliphatic carboxylic acids is 1. The predicted molar refractivity (Wildman–Crippen MR) is 75.4 cm³/mol. The number of carbonyl (C=O) groups excluding carboxylic acids is 1. The van der Waals surface area contributed by atoms with Gasteiger partial charge in [0, 0.05) is 24.9 Å². The van der Waals surface area contributed by atoms with Crippen LogP contribution < -0.4 is 5.32 Å². The van der Waals surface area contributed by atoms with Gasteiger partial charge in [0.25, 0.3) is 0 Å². The number of hydrogen-bond donors (Lipinski definition) is 2. The molecule has 2 saturated heterocycles. The standard InChI is InChI=1S/C13H22N2O3S/c1-2-13(11(16)17)4-6-15(7-5-13)12(18)14-10-3-8-19-9-10/h10H,2-9H2,1H3,(H,14,18)(H,16,17). The van der Waals surface area contributed by atoms with Gasteiger partial charge in [-0.1, -0.05) is 6.92 Å². The number of carboxylic acids is 1. The number of likely N-dealkylation sites (tertiary alicyclic amines) is 1. The molecule has 1 unspecified atom stereocenters. The molecule has 0 bridgehead atoms. The third-order valence-corrected chi connectivity index (χ3v) is 5.56. The molecule has 6 heteroatoms. The van der Waals surface area contributed by atoms with Gasteiger partial charge in [0.1, 0.15) is 0 Å². The van der Waals surface area contributed by atoms with Gasteiger partial charge in [0.2, 0.25) is 0 Å². The molecule has 0 saturated carbocycles. The minimum absolute atomic E-state index is 0.0254. The summed E-state index contributed by atoms with van der Waals surface area (Å²) in [6.07, 6.45) is 2.80. The zero-order valence-electron chi connectivity index (χ0n) is 11.4. The van der Waals surface area contributed by atoms with E-state index in [0.29, 0.717) is 32.4 Å². The molecule has 1 atom stereocenters. The summed E-state index contributed by atoms with van der Waals surface area (Å²) < 4.78 is 0. The number of carbonyl (C=O) groups is 2. The van der Waals surface area contributed by atoms with E-state index in [1.54, 1.807) is 4.90 Å². The summed E-state index contributed by atoms with van der Waals surface area (Å²) in [5.74, 6) is 1.39. The van der Waals surface area contributed by atoms with E-state index in [1.165, 1.54) is 0 Å². The highest BCUT2D eigenvalue weighted by Crippen LogP contribution is 2.35. The smallest absolute Gasteiger partial charge is 0.317 e. The van der Waals surface area contributed by atoms with Gasteiger partial charge < -0.3 is 15.3 Å². The van der Waals surface area contributed by atoms with Crippen LogP contribution in [0.2, 0.25) is 0 Å². The summed E-state index contributed by atoms with van der Waals surface area (Å²) in [6.45, 7) is 3.01. The van der Waals surface area contributed by atoms with E-state index in [2.05, 4.69) is 5.32 Å².